The highest BCUT2D eigenvalue weighted by Gasteiger charge is 2.20. The number of aliphatic hydroxyl groups is 1. The molecule has 0 aliphatic rings. The van der Waals surface area contributed by atoms with E-state index in [0.29, 0.717) is 16.3 Å². The van der Waals surface area contributed by atoms with Crippen molar-refractivity contribution in [3.63, 3.8) is 0 Å². The summed E-state index contributed by atoms with van der Waals surface area (Å²) in [7, 11) is 0. The zero-order chi connectivity index (χ0) is 21.3. The molecule has 1 aromatic heterocycles. The van der Waals surface area contributed by atoms with Crippen molar-refractivity contribution in [2.24, 2.45) is 0 Å². The highest BCUT2D eigenvalue weighted by Crippen LogP contribution is 2.37. The van der Waals surface area contributed by atoms with Crippen LogP contribution in [0.5, 0.6) is 5.75 Å². The molecule has 152 valence electrons. The van der Waals surface area contributed by atoms with Gasteiger partial charge in [0.25, 0.3) is 0 Å². The summed E-state index contributed by atoms with van der Waals surface area (Å²) >= 11 is 12.3. The zero-order valence-corrected chi connectivity index (χ0v) is 17.7. The van der Waals surface area contributed by atoms with Crippen LogP contribution in [-0.2, 0) is 5.60 Å². The number of nitrogens with two attached hydrogens (primary N) is 1. The first-order valence-corrected chi connectivity index (χ1v) is 9.72. The van der Waals surface area contributed by atoms with Crippen molar-refractivity contribution in [3.8, 4) is 16.9 Å². The van der Waals surface area contributed by atoms with E-state index in [1.54, 1.807) is 33.0 Å². The number of benzene rings is 2. The number of aromatic nitrogens is 1. The Morgan fingerprint density at radius 2 is 1.76 bits per heavy atom. The second-order valence-electron chi connectivity index (χ2n) is 7.26. The van der Waals surface area contributed by atoms with E-state index in [1.165, 1.54) is 12.1 Å². The van der Waals surface area contributed by atoms with Crippen molar-refractivity contribution in [2.45, 2.75) is 32.5 Å². The molecule has 3 aromatic rings. The van der Waals surface area contributed by atoms with E-state index in [2.05, 4.69) is 4.98 Å². The molecule has 4 nitrogen and oxygen atoms in total. The molecular formula is C22H21Cl2FN2O2. The Balaban J connectivity index is 1.91. The fourth-order valence-electron chi connectivity index (χ4n) is 2.94. The highest BCUT2D eigenvalue weighted by atomic mass is 35.5. The first-order valence-electron chi connectivity index (χ1n) is 8.96. The van der Waals surface area contributed by atoms with Gasteiger partial charge >= 0.3 is 0 Å². The Morgan fingerprint density at radius 3 is 2.38 bits per heavy atom. The molecule has 3 N–H and O–H groups in total. The topological polar surface area (TPSA) is 68.4 Å². The molecule has 1 atom stereocenters. The summed E-state index contributed by atoms with van der Waals surface area (Å²) in [6.45, 7) is 5.16. The molecule has 7 heteroatoms. The van der Waals surface area contributed by atoms with Crippen LogP contribution in [0.4, 0.5) is 10.2 Å². The van der Waals surface area contributed by atoms with Gasteiger partial charge in [0.2, 0.25) is 0 Å². The predicted octanol–water partition coefficient (Wildman–Crippen LogP) is 6.14. The summed E-state index contributed by atoms with van der Waals surface area (Å²) in [5, 5.41) is 10.3. The average Bonchev–Trinajstić information content (AvgIpc) is 2.66. The Labute approximate surface area is 179 Å². The van der Waals surface area contributed by atoms with Crippen molar-refractivity contribution >= 4 is 29.0 Å². The van der Waals surface area contributed by atoms with Gasteiger partial charge in [0.05, 0.1) is 10.6 Å². The minimum absolute atomic E-state index is 0.0881. The third kappa shape index (κ3) is 4.64. The van der Waals surface area contributed by atoms with Gasteiger partial charge in [-0.3, -0.25) is 0 Å². The van der Waals surface area contributed by atoms with Gasteiger partial charge in [-0.15, -0.1) is 0 Å². The SMILES string of the molecule is CC(Oc1cc(-c2ccc(C(C)(C)O)cc2)cnc1N)c1c(Cl)ccc(F)c1Cl. The van der Waals surface area contributed by atoms with Crippen molar-refractivity contribution in [3.05, 3.63) is 75.7 Å². The van der Waals surface area contributed by atoms with Crippen LogP contribution in [0.2, 0.25) is 10.0 Å². The molecule has 0 aliphatic carbocycles. The van der Waals surface area contributed by atoms with E-state index in [9.17, 15) is 9.50 Å². The molecule has 0 fully saturated rings. The van der Waals surface area contributed by atoms with Gasteiger partial charge in [-0.2, -0.15) is 0 Å². The van der Waals surface area contributed by atoms with Crippen molar-refractivity contribution in [2.75, 3.05) is 5.73 Å². The van der Waals surface area contributed by atoms with Crippen LogP contribution in [0.1, 0.15) is 38.0 Å². The number of hydrogen-bond donors (Lipinski definition) is 2. The minimum atomic E-state index is -0.926. The Hall–Kier alpha value is -2.34. The van der Waals surface area contributed by atoms with Crippen LogP contribution in [0, 0.1) is 5.82 Å². The monoisotopic (exact) mass is 434 g/mol. The summed E-state index contributed by atoms with van der Waals surface area (Å²) in [6, 6.07) is 11.8. The second-order valence-corrected chi connectivity index (χ2v) is 8.05. The van der Waals surface area contributed by atoms with Crippen LogP contribution in [0.3, 0.4) is 0 Å². The standard InChI is InChI=1S/C22H21Cl2FN2O2/c1-12(19-16(23)8-9-17(25)20(19)24)29-18-10-14(11-27-21(18)26)13-4-6-15(7-5-13)22(2,3)28/h4-12,28H,1-3H3,(H2,26,27). The van der Waals surface area contributed by atoms with Gasteiger partial charge in [-0.1, -0.05) is 47.5 Å². The first kappa shape index (κ1) is 21.4. The summed E-state index contributed by atoms with van der Waals surface area (Å²) in [6.07, 6.45) is 0.983. The number of ether oxygens (including phenoxy) is 1. The molecular weight excluding hydrogens is 414 g/mol. The molecule has 0 aliphatic heterocycles. The molecule has 0 saturated carbocycles. The number of rotatable bonds is 5. The Morgan fingerprint density at radius 1 is 1.10 bits per heavy atom. The summed E-state index contributed by atoms with van der Waals surface area (Å²) < 4.78 is 19.8. The number of hydrogen-bond acceptors (Lipinski definition) is 4. The highest BCUT2D eigenvalue weighted by molar-refractivity contribution is 6.36. The second kappa shape index (κ2) is 8.19. The molecule has 2 aromatic carbocycles. The van der Waals surface area contributed by atoms with Crippen molar-refractivity contribution in [1.82, 2.24) is 4.98 Å². The molecule has 0 radical (unpaired) electrons. The average molecular weight is 435 g/mol. The molecule has 0 bridgehead atoms. The lowest BCUT2D eigenvalue weighted by Crippen LogP contribution is -2.14. The van der Waals surface area contributed by atoms with Crippen molar-refractivity contribution < 1.29 is 14.2 Å². The number of pyridine rings is 1. The lowest BCUT2D eigenvalue weighted by Gasteiger charge is -2.20. The quantitative estimate of drug-likeness (QED) is 0.472. The molecule has 0 amide bonds. The third-order valence-corrected chi connectivity index (χ3v) is 5.31. The third-order valence-electron chi connectivity index (χ3n) is 4.60. The van der Waals surface area contributed by atoms with Gasteiger partial charge in [0, 0.05) is 22.3 Å². The number of halogens is 3. The summed E-state index contributed by atoms with van der Waals surface area (Å²) in [4.78, 5) is 4.20. The summed E-state index contributed by atoms with van der Waals surface area (Å²) in [5.41, 5.74) is 7.84. The van der Waals surface area contributed by atoms with E-state index in [1.807, 2.05) is 24.3 Å². The molecule has 0 saturated heterocycles. The maximum absolute atomic E-state index is 13.8. The van der Waals surface area contributed by atoms with E-state index in [-0.39, 0.29) is 10.8 Å². The fourth-order valence-corrected chi connectivity index (χ4v) is 3.62. The Bertz CT molecular complexity index is 1030. The number of nitrogen functional groups attached to an aromatic ring is 1. The van der Waals surface area contributed by atoms with Crippen LogP contribution >= 0.6 is 23.2 Å². The Kier molecular flexibility index (Phi) is 6.03. The first-order chi connectivity index (χ1) is 13.6. The van der Waals surface area contributed by atoms with Gasteiger partial charge in [0.1, 0.15) is 11.9 Å². The van der Waals surface area contributed by atoms with Crippen LogP contribution in [0.25, 0.3) is 11.1 Å². The largest absolute Gasteiger partial charge is 0.482 e. The van der Waals surface area contributed by atoms with E-state index < -0.39 is 17.5 Å². The number of nitrogens with zero attached hydrogens (tertiary/aromatic N) is 1. The smallest absolute Gasteiger partial charge is 0.166 e. The molecule has 3 rings (SSSR count). The van der Waals surface area contributed by atoms with Gasteiger partial charge in [0.15, 0.2) is 11.6 Å². The lowest BCUT2D eigenvalue weighted by molar-refractivity contribution is 0.0786. The van der Waals surface area contributed by atoms with Crippen LogP contribution in [-0.4, -0.2) is 10.1 Å². The van der Waals surface area contributed by atoms with E-state index >= 15 is 0 Å². The minimum Gasteiger partial charge on any atom is -0.482 e. The maximum atomic E-state index is 13.8. The van der Waals surface area contributed by atoms with Gasteiger partial charge < -0.3 is 15.6 Å². The van der Waals surface area contributed by atoms with Gasteiger partial charge in [-0.25, -0.2) is 9.37 Å². The normalized spacial score (nSPS) is 12.7. The lowest BCUT2D eigenvalue weighted by atomic mass is 9.96. The summed E-state index contributed by atoms with van der Waals surface area (Å²) in [5.74, 6) is -0.0522. The zero-order valence-electron chi connectivity index (χ0n) is 16.2. The number of anilines is 1. The van der Waals surface area contributed by atoms with Crippen LogP contribution < -0.4 is 10.5 Å². The fraction of sp³-hybridized carbons (Fsp3) is 0.227. The molecule has 1 unspecified atom stereocenters. The van der Waals surface area contributed by atoms with Crippen molar-refractivity contribution in [1.29, 1.82) is 0 Å². The molecule has 29 heavy (non-hydrogen) atoms. The molecule has 0 spiro atoms. The van der Waals surface area contributed by atoms with Crippen LogP contribution in [0.15, 0.2) is 48.7 Å². The van der Waals surface area contributed by atoms with E-state index in [4.69, 9.17) is 33.7 Å². The molecule has 1 heterocycles. The van der Waals surface area contributed by atoms with E-state index in [0.717, 1.165) is 16.7 Å². The predicted molar refractivity (Wildman–Crippen MR) is 115 cm³/mol. The van der Waals surface area contributed by atoms with Gasteiger partial charge in [-0.05, 0) is 50.1 Å². The maximum Gasteiger partial charge on any atom is 0.166 e.